The van der Waals surface area contributed by atoms with E-state index in [0.29, 0.717) is 18.6 Å². The lowest BCUT2D eigenvalue weighted by atomic mass is 10.2. The number of hydrogen-bond acceptors (Lipinski definition) is 2. The molecule has 0 spiro atoms. The van der Waals surface area contributed by atoms with Gasteiger partial charge in [0, 0.05) is 25.4 Å². The topological polar surface area (TPSA) is 29.1 Å². The fraction of sp³-hybridized carbons (Fsp3) is 0.875. The summed E-state index contributed by atoms with van der Waals surface area (Å²) in [6.45, 7) is 2.80. The maximum atomic E-state index is 10.8. The van der Waals surface area contributed by atoms with E-state index in [-0.39, 0.29) is 0 Å². The zero-order chi connectivity index (χ0) is 7.40. The summed E-state index contributed by atoms with van der Waals surface area (Å²) < 4.78 is 0. The molecular formula is C8H15NO. The molecule has 1 aliphatic carbocycles. The molecule has 0 amide bonds. The molecule has 0 unspecified atom stereocenters. The molecule has 0 aliphatic heterocycles. The van der Waals surface area contributed by atoms with E-state index in [1.807, 2.05) is 6.92 Å². The van der Waals surface area contributed by atoms with Crippen molar-refractivity contribution in [3.8, 4) is 0 Å². The van der Waals surface area contributed by atoms with Crippen LogP contribution in [0.5, 0.6) is 0 Å². The fourth-order valence-corrected chi connectivity index (χ4v) is 0.880. The third-order valence-electron chi connectivity index (χ3n) is 1.81. The first-order valence-electron chi connectivity index (χ1n) is 4.08. The molecule has 1 rings (SSSR count). The predicted molar refractivity (Wildman–Crippen MR) is 40.9 cm³/mol. The van der Waals surface area contributed by atoms with Crippen molar-refractivity contribution in [3.63, 3.8) is 0 Å². The average molecular weight is 141 g/mol. The Bertz CT molecular complexity index is 118. The molecule has 2 nitrogen and oxygen atoms in total. The lowest BCUT2D eigenvalue weighted by Gasteiger charge is -1.98. The molecule has 0 saturated heterocycles. The summed E-state index contributed by atoms with van der Waals surface area (Å²) in [5, 5.41) is 3.30. The number of Topliss-reactive ketones (excluding diaryl/α,β-unsaturated/α-hetero) is 1. The highest BCUT2D eigenvalue weighted by atomic mass is 16.1. The van der Waals surface area contributed by atoms with Crippen molar-refractivity contribution in [1.82, 2.24) is 5.32 Å². The van der Waals surface area contributed by atoms with Crippen LogP contribution in [0.25, 0.3) is 0 Å². The van der Waals surface area contributed by atoms with Gasteiger partial charge >= 0.3 is 0 Å². The first-order chi connectivity index (χ1) is 4.83. The first kappa shape index (κ1) is 7.73. The van der Waals surface area contributed by atoms with Gasteiger partial charge in [-0.2, -0.15) is 0 Å². The van der Waals surface area contributed by atoms with Crippen molar-refractivity contribution in [2.45, 2.75) is 38.6 Å². The van der Waals surface area contributed by atoms with Crippen LogP contribution in [0, 0.1) is 0 Å². The maximum Gasteiger partial charge on any atom is 0.133 e. The van der Waals surface area contributed by atoms with Crippen molar-refractivity contribution in [3.05, 3.63) is 0 Å². The summed E-state index contributed by atoms with van der Waals surface area (Å²) in [6, 6.07) is 0.740. The third kappa shape index (κ3) is 2.97. The van der Waals surface area contributed by atoms with Crippen LogP contribution in [0.15, 0.2) is 0 Å². The SMILES string of the molecule is CCC(=O)CCNC1CC1. The van der Waals surface area contributed by atoms with Gasteiger partial charge in [-0.1, -0.05) is 6.92 Å². The van der Waals surface area contributed by atoms with Gasteiger partial charge in [0.1, 0.15) is 5.78 Å². The number of rotatable bonds is 5. The van der Waals surface area contributed by atoms with E-state index in [0.717, 1.165) is 12.6 Å². The van der Waals surface area contributed by atoms with E-state index in [9.17, 15) is 4.79 Å². The Morgan fingerprint density at radius 1 is 1.60 bits per heavy atom. The first-order valence-corrected chi connectivity index (χ1v) is 4.08. The largest absolute Gasteiger partial charge is 0.314 e. The van der Waals surface area contributed by atoms with Crippen LogP contribution in [0.4, 0.5) is 0 Å². The summed E-state index contributed by atoms with van der Waals surface area (Å²) in [5.41, 5.74) is 0. The highest BCUT2D eigenvalue weighted by molar-refractivity contribution is 5.78. The number of hydrogen-bond donors (Lipinski definition) is 1. The molecule has 0 aromatic heterocycles. The number of carbonyl (C=O) groups excluding carboxylic acids is 1. The second-order valence-corrected chi connectivity index (χ2v) is 2.87. The van der Waals surface area contributed by atoms with Crippen LogP contribution < -0.4 is 5.32 Å². The van der Waals surface area contributed by atoms with Gasteiger partial charge in [-0.3, -0.25) is 4.79 Å². The Labute approximate surface area is 62.0 Å². The van der Waals surface area contributed by atoms with Gasteiger partial charge in [0.2, 0.25) is 0 Å². The molecule has 1 aliphatic rings. The smallest absolute Gasteiger partial charge is 0.133 e. The minimum Gasteiger partial charge on any atom is -0.314 e. The summed E-state index contributed by atoms with van der Waals surface area (Å²) in [6.07, 6.45) is 4.01. The predicted octanol–water partition coefficient (Wildman–Crippen LogP) is 1.11. The van der Waals surface area contributed by atoms with Gasteiger partial charge in [0.05, 0.1) is 0 Å². The molecule has 0 heterocycles. The van der Waals surface area contributed by atoms with Crippen LogP contribution in [0.2, 0.25) is 0 Å². The molecular weight excluding hydrogens is 126 g/mol. The van der Waals surface area contributed by atoms with Gasteiger partial charge in [-0.25, -0.2) is 0 Å². The Morgan fingerprint density at radius 2 is 2.30 bits per heavy atom. The van der Waals surface area contributed by atoms with Gasteiger partial charge in [0.15, 0.2) is 0 Å². The molecule has 0 radical (unpaired) electrons. The molecule has 10 heavy (non-hydrogen) atoms. The third-order valence-corrected chi connectivity index (χ3v) is 1.81. The molecule has 0 bridgehead atoms. The zero-order valence-corrected chi connectivity index (χ0v) is 6.52. The van der Waals surface area contributed by atoms with Crippen LogP contribution in [0.3, 0.4) is 0 Å². The highest BCUT2D eigenvalue weighted by Gasteiger charge is 2.19. The minimum atomic E-state index is 0.369. The highest BCUT2D eigenvalue weighted by Crippen LogP contribution is 2.18. The number of carbonyl (C=O) groups is 1. The fourth-order valence-electron chi connectivity index (χ4n) is 0.880. The Morgan fingerprint density at radius 3 is 2.80 bits per heavy atom. The quantitative estimate of drug-likeness (QED) is 0.621. The van der Waals surface area contributed by atoms with Gasteiger partial charge in [-0.15, -0.1) is 0 Å². The van der Waals surface area contributed by atoms with Gasteiger partial charge in [0.25, 0.3) is 0 Å². The van der Waals surface area contributed by atoms with Crippen molar-refractivity contribution < 1.29 is 4.79 Å². The average Bonchev–Trinajstić information content (AvgIpc) is 2.71. The lowest BCUT2D eigenvalue weighted by molar-refractivity contribution is -0.118. The van der Waals surface area contributed by atoms with Crippen LogP contribution in [-0.4, -0.2) is 18.4 Å². The summed E-state index contributed by atoms with van der Waals surface area (Å²) in [4.78, 5) is 10.8. The zero-order valence-electron chi connectivity index (χ0n) is 6.52. The van der Waals surface area contributed by atoms with Crippen molar-refractivity contribution in [1.29, 1.82) is 0 Å². The van der Waals surface area contributed by atoms with E-state index >= 15 is 0 Å². The van der Waals surface area contributed by atoms with E-state index in [1.165, 1.54) is 12.8 Å². The molecule has 0 aromatic carbocycles. The maximum absolute atomic E-state index is 10.8. The molecule has 2 heteroatoms. The van der Waals surface area contributed by atoms with E-state index < -0.39 is 0 Å². The molecule has 0 aromatic rings. The van der Waals surface area contributed by atoms with Gasteiger partial charge < -0.3 is 5.32 Å². The van der Waals surface area contributed by atoms with Crippen molar-refractivity contribution in [2.24, 2.45) is 0 Å². The van der Waals surface area contributed by atoms with Crippen molar-refractivity contribution >= 4 is 5.78 Å². The van der Waals surface area contributed by atoms with Gasteiger partial charge in [-0.05, 0) is 12.8 Å². The van der Waals surface area contributed by atoms with Crippen LogP contribution in [0.1, 0.15) is 32.6 Å². The van der Waals surface area contributed by atoms with E-state index in [1.54, 1.807) is 0 Å². The number of nitrogens with one attached hydrogen (secondary N) is 1. The molecule has 58 valence electrons. The van der Waals surface area contributed by atoms with E-state index in [2.05, 4.69) is 5.32 Å². The normalized spacial score (nSPS) is 17.3. The molecule has 1 saturated carbocycles. The van der Waals surface area contributed by atoms with Crippen LogP contribution >= 0.6 is 0 Å². The molecule has 1 N–H and O–H groups in total. The van der Waals surface area contributed by atoms with Crippen molar-refractivity contribution in [2.75, 3.05) is 6.54 Å². The summed E-state index contributed by atoms with van der Waals surface area (Å²) >= 11 is 0. The number of ketones is 1. The Balaban J connectivity index is 1.88. The second-order valence-electron chi connectivity index (χ2n) is 2.87. The Kier molecular flexibility index (Phi) is 2.87. The molecule has 1 fully saturated rings. The molecule has 0 atom stereocenters. The minimum absolute atomic E-state index is 0.369. The monoisotopic (exact) mass is 141 g/mol. The summed E-state index contributed by atoms with van der Waals surface area (Å²) in [5.74, 6) is 0.369. The standard InChI is InChI=1S/C8H15NO/c1-2-8(10)5-6-9-7-3-4-7/h7,9H,2-6H2,1H3. The second kappa shape index (κ2) is 3.71. The Hall–Kier alpha value is -0.370. The van der Waals surface area contributed by atoms with E-state index in [4.69, 9.17) is 0 Å². The lowest BCUT2D eigenvalue weighted by Crippen LogP contribution is -2.19. The van der Waals surface area contributed by atoms with Crippen LogP contribution in [-0.2, 0) is 4.79 Å². The summed E-state index contributed by atoms with van der Waals surface area (Å²) in [7, 11) is 0.